The predicted molar refractivity (Wildman–Crippen MR) is 91.1 cm³/mol. The van der Waals surface area contributed by atoms with Gasteiger partial charge in [0, 0.05) is 0 Å². The molecular weight excluding hydrogens is 381 g/mol. The smallest absolute Gasteiger partial charge is 0.268 e. The number of sulfonamides is 1. The van der Waals surface area contributed by atoms with Crippen molar-refractivity contribution >= 4 is 50.5 Å². The van der Waals surface area contributed by atoms with Gasteiger partial charge in [0.25, 0.3) is 15.9 Å². The lowest BCUT2D eigenvalue weighted by Gasteiger charge is -2.10. The average molecular weight is 392 g/mol. The summed E-state index contributed by atoms with van der Waals surface area (Å²) in [6.45, 7) is 3.70. The van der Waals surface area contributed by atoms with Crippen LogP contribution >= 0.6 is 34.5 Å². The average Bonchev–Trinajstić information content (AvgIpc) is 2.84. The zero-order valence-corrected chi connectivity index (χ0v) is 14.7. The molecule has 1 heterocycles. The van der Waals surface area contributed by atoms with Gasteiger partial charge in [-0.05, 0) is 18.2 Å². The highest BCUT2D eigenvalue weighted by atomic mass is 35.5. The van der Waals surface area contributed by atoms with Crippen molar-refractivity contribution in [2.75, 3.05) is 6.61 Å². The third kappa shape index (κ3) is 4.26. The zero-order chi connectivity index (χ0) is 17.0. The van der Waals surface area contributed by atoms with Crippen molar-refractivity contribution in [3.8, 4) is 5.75 Å². The number of amides is 1. The molecule has 9 heteroatoms. The van der Waals surface area contributed by atoms with Crippen LogP contribution in [-0.2, 0) is 10.0 Å². The normalized spacial score (nSPS) is 11.0. The zero-order valence-electron chi connectivity index (χ0n) is 11.6. The van der Waals surface area contributed by atoms with Crippen molar-refractivity contribution in [1.82, 2.24) is 4.72 Å². The number of nitrogens with one attached hydrogen (secondary N) is 1. The van der Waals surface area contributed by atoms with Crippen LogP contribution in [0.5, 0.6) is 5.75 Å². The summed E-state index contributed by atoms with van der Waals surface area (Å²) < 4.78 is 32.0. The summed E-state index contributed by atoms with van der Waals surface area (Å²) >= 11 is 12.5. The molecule has 2 aromatic rings. The Morgan fingerprint density at radius 1 is 1.35 bits per heavy atom. The van der Waals surface area contributed by atoms with E-state index < -0.39 is 15.9 Å². The molecule has 1 amide bonds. The number of benzene rings is 1. The third-order valence-corrected chi connectivity index (χ3v) is 5.71. The van der Waals surface area contributed by atoms with Crippen LogP contribution in [-0.4, -0.2) is 20.9 Å². The van der Waals surface area contributed by atoms with E-state index in [0.29, 0.717) is 0 Å². The SMILES string of the molecule is C=CCOc1ccccc1C(=O)NS(=O)(=O)c1cc(Cl)sc1Cl. The Bertz CT molecular complexity index is 846. The van der Waals surface area contributed by atoms with Crippen molar-refractivity contribution in [2.24, 2.45) is 0 Å². The monoisotopic (exact) mass is 391 g/mol. The Labute approximate surface area is 147 Å². The summed E-state index contributed by atoms with van der Waals surface area (Å²) in [5, 5.41) is 0. The van der Waals surface area contributed by atoms with E-state index in [1.807, 2.05) is 4.72 Å². The van der Waals surface area contributed by atoms with Crippen LogP contribution in [0.15, 0.2) is 47.9 Å². The Balaban J connectivity index is 2.28. The quantitative estimate of drug-likeness (QED) is 0.761. The van der Waals surface area contributed by atoms with Gasteiger partial charge in [-0.1, -0.05) is 48.0 Å². The lowest BCUT2D eigenvalue weighted by Crippen LogP contribution is -2.30. The molecule has 0 atom stereocenters. The second-order valence-corrected chi connectivity index (χ2v) is 8.16. The lowest BCUT2D eigenvalue weighted by molar-refractivity contribution is 0.0978. The highest BCUT2D eigenvalue weighted by molar-refractivity contribution is 7.90. The minimum absolute atomic E-state index is 0.0218. The highest BCUT2D eigenvalue weighted by Gasteiger charge is 2.25. The molecule has 0 bridgehead atoms. The van der Waals surface area contributed by atoms with Crippen molar-refractivity contribution in [3.63, 3.8) is 0 Å². The molecular formula is C14H11Cl2NO4S2. The second kappa shape index (κ2) is 7.35. The highest BCUT2D eigenvalue weighted by Crippen LogP contribution is 2.34. The van der Waals surface area contributed by atoms with Crippen molar-refractivity contribution in [2.45, 2.75) is 4.90 Å². The van der Waals surface area contributed by atoms with Crippen LogP contribution in [0.25, 0.3) is 0 Å². The largest absolute Gasteiger partial charge is 0.489 e. The van der Waals surface area contributed by atoms with Crippen LogP contribution in [0.1, 0.15) is 10.4 Å². The molecule has 0 aliphatic carbocycles. The molecule has 1 N–H and O–H groups in total. The summed E-state index contributed by atoms with van der Waals surface area (Å²) in [7, 11) is -4.14. The molecule has 5 nitrogen and oxygen atoms in total. The van der Waals surface area contributed by atoms with E-state index in [4.69, 9.17) is 27.9 Å². The van der Waals surface area contributed by atoms with Crippen LogP contribution in [0.2, 0.25) is 8.67 Å². The van der Waals surface area contributed by atoms with E-state index in [-0.39, 0.29) is 31.5 Å². The minimum atomic E-state index is -4.14. The summed E-state index contributed by atoms with van der Waals surface area (Å²) in [6, 6.07) is 7.45. The molecule has 0 spiro atoms. The Morgan fingerprint density at radius 2 is 2.04 bits per heavy atom. The first-order chi connectivity index (χ1) is 10.8. The molecule has 0 fully saturated rings. The van der Waals surface area contributed by atoms with Gasteiger partial charge in [-0.25, -0.2) is 13.1 Å². The van der Waals surface area contributed by atoms with Gasteiger partial charge < -0.3 is 4.74 Å². The van der Waals surface area contributed by atoms with Gasteiger partial charge in [0.2, 0.25) is 0 Å². The van der Waals surface area contributed by atoms with E-state index in [1.54, 1.807) is 18.2 Å². The molecule has 1 aromatic heterocycles. The fourth-order valence-electron chi connectivity index (χ4n) is 1.67. The molecule has 0 aliphatic rings. The van der Waals surface area contributed by atoms with Crippen LogP contribution in [0.3, 0.4) is 0 Å². The molecule has 2 rings (SSSR count). The number of halogens is 2. The van der Waals surface area contributed by atoms with E-state index >= 15 is 0 Å². The Kier molecular flexibility index (Phi) is 5.69. The summed E-state index contributed by atoms with van der Waals surface area (Å²) in [6.07, 6.45) is 1.51. The number of para-hydroxylation sites is 1. The minimum Gasteiger partial charge on any atom is -0.489 e. The molecule has 0 unspecified atom stereocenters. The number of carbonyl (C=O) groups is 1. The molecule has 0 saturated carbocycles. The van der Waals surface area contributed by atoms with Crippen molar-refractivity contribution in [1.29, 1.82) is 0 Å². The van der Waals surface area contributed by atoms with E-state index in [1.165, 1.54) is 18.2 Å². The molecule has 0 saturated heterocycles. The number of ether oxygens (including phenoxy) is 1. The van der Waals surface area contributed by atoms with Crippen LogP contribution in [0, 0.1) is 0 Å². The maximum atomic E-state index is 12.3. The first kappa shape index (κ1) is 17.8. The maximum absolute atomic E-state index is 12.3. The molecule has 0 radical (unpaired) electrons. The first-order valence-corrected chi connectivity index (χ1v) is 9.25. The van der Waals surface area contributed by atoms with Gasteiger partial charge in [0.15, 0.2) is 0 Å². The fraction of sp³-hybridized carbons (Fsp3) is 0.0714. The predicted octanol–water partition coefficient (Wildman–Crippen LogP) is 3.74. The number of thiophene rings is 1. The summed E-state index contributed by atoms with van der Waals surface area (Å²) in [5.41, 5.74) is 0.0790. The fourth-order valence-corrected chi connectivity index (χ4v) is 4.79. The standard InChI is InChI=1S/C14H11Cl2NO4S2/c1-2-7-21-10-6-4-3-5-9(10)14(18)17-23(19,20)11-8-12(15)22-13(11)16/h2-6,8H,1,7H2,(H,17,18). The van der Waals surface area contributed by atoms with E-state index in [0.717, 1.165) is 11.3 Å². The molecule has 122 valence electrons. The van der Waals surface area contributed by atoms with Gasteiger partial charge in [-0.2, -0.15) is 0 Å². The van der Waals surface area contributed by atoms with E-state index in [2.05, 4.69) is 6.58 Å². The summed E-state index contributed by atoms with van der Waals surface area (Å²) in [4.78, 5) is 12.0. The Hall–Kier alpha value is -1.54. The van der Waals surface area contributed by atoms with Gasteiger partial charge in [-0.3, -0.25) is 4.79 Å². The van der Waals surface area contributed by atoms with Crippen molar-refractivity contribution in [3.05, 3.63) is 57.2 Å². The van der Waals surface area contributed by atoms with Crippen molar-refractivity contribution < 1.29 is 17.9 Å². The van der Waals surface area contributed by atoms with Gasteiger partial charge in [0.05, 0.1) is 9.90 Å². The van der Waals surface area contributed by atoms with Gasteiger partial charge in [0.1, 0.15) is 21.6 Å². The maximum Gasteiger partial charge on any atom is 0.268 e. The topological polar surface area (TPSA) is 72.5 Å². The van der Waals surface area contributed by atoms with E-state index in [9.17, 15) is 13.2 Å². The van der Waals surface area contributed by atoms with Gasteiger partial charge in [-0.15, -0.1) is 11.3 Å². The summed E-state index contributed by atoms with van der Waals surface area (Å²) in [5.74, 6) is -0.586. The Morgan fingerprint density at radius 3 is 2.65 bits per heavy atom. The van der Waals surface area contributed by atoms with Crippen LogP contribution in [0.4, 0.5) is 0 Å². The number of rotatable bonds is 6. The molecule has 23 heavy (non-hydrogen) atoms. The molecule has 0 aliphatic heterocycles. The van der Waals surface area contributed by atoms with Gasteiger partial charge >= 0.3 is 0 Å². The second-order valence-electron chi connectivity index (χ2n) is 4.22. The molecule has 1 aromatic carbocycles. The first-order valence-electron chi connectivity index (χ1n) is 6.20. The number of hydrogen-bond donors (Lipinski definition) is 1. The number of hydrogen-bond acceptors (Lipinski definition) is 5. The van der Waals surface area contributed by atoms with Crippen LogP contribution < -0.4 is 9.46 Å². The lowest BCUT2D eigenvalue weighted by atomic mass is 10.2. The third-order valence-electron chi connectivity index (χ3n) is 2.63. The number of carbonyl (C=O) groups excluding carboxylic acids is 1.